The molecule has 0 radical (unpaired) electrons. The summed E-state index contributed by atoms with van der Waals surface area (Å²) in [6, 6.07) is 9.43. The Morgan fingerprint density at radius 1 is 1.14 bits per heavy atom. The highest BCUT2D eigenvalue weighted by Crippen LogP contribution is 2.17. The Kier molecular flexibility index (Phi) is 3.17. The van der Waals surface area contributed by atoms with Crippen LogP contribution in [0.1, 0.15) is 27.3 Å². The number of aryl methyl sites for hydroxylation is 3. The number of benzene rings is 1. The number of hydrogen-bond acceptors (Lipinski definition) is 3. The van der Waals surface area contributed by atoms with Gasteiger partial charge in [-0.05, 0) is 50.1 Å². The van der Waals surface area contributed by atoms with Gasteiger partial charge in [0, 0.05) is 5.69 Å². The molecule has 0 aliphatic heterocycles. The van der Waals surface area contributed by atoms with Crippen molar-refractivity contribution in [3.05, 3.63) is 59.0 Å². The molecule has 1 N–H and O–H groups in total. The van der Waals surface area contributed by atoms with Gasteiger partial charge in [-0.2, -0.15) is 5.10 Å². The molecule has 0 aliphatic rings. The van der Waals surface area contributed by atoms with Crippen LogP contribution in [-0.4, -0.2) is 20.5 Å². The molecule has 1 amide bonds. The van der Waals surface area contributed by atoms with Gasteiger partial charge in [0.15, 0.2) is 5.65 Å². The highest BCUT2D eigenvalue weighted by atomic mass is 16.1. The third-order valence-electron chi connectivity index (χ3n) is 3.31. The van der Waals surface area contributed by atoms with Crippen molar-refractivity contribution in [2.24, 2.45) is 0 Å². The van der Waals surface area contributed by atoms with Crippen molar-refractivity contribution in [1.29, 1.82) is 0 Å². The molecular formula is C16H16N4O. The number of fused-ring (bicyclic) bond motifs is 1. The van der Waals surface area contributed by atoms with Crippen molar-refractivity contribution in [1.82, 2.24) is 14.6 Å². The minimum absolute atomic E-state index is 0.225. The molecule has 0 spiro atoms. The number of imidazole rings is 1. The molecular weight excluding hydrogens is 264 g/mol. The molecule has 3 rings (SSSR count). The number of amides is 1. The van der Waals surface area contributed by atoms with Crippen molar-refractivity contribution in [2.45, 2.75) is 20.8 Å². The topological polar surface area (TPSA) is 59.3 Å². The molecule has 0 unspecified atom stereocenters. The summed E-state index contributed by atoms with van der Waals surface area (Å²) >= 11 is 0. The maximum absolute atomic E-state index is 12.3. The van der Waals surface area contributed by atoms with E-state index in [1.165, 1.54) is 0 Å². The molecule has 1 aromatic carbocycles. The zero-order chi connectivity index (χ0) is 15.0. The van der Waals surface area contributed by atoms with Crippen molar-refractivity contribution < 1.29 is 4.79 Å². The van der Waals surface area contributed by atoms with Crippen LogP contribution >= 0.6 is 0 Å². The van der Waals surface area contributed by atoms with Crippen molar-refractivity contribution in [3.63, 3.8) is 0 Å². The second-order valence-corrected chi connectivity index (χ2v) is 5.18. The fraction of sp³-hybridized carbons (Fsp3) is 0.188. The summed E-state index contributed by atoms with van der Waals surface area (Å²) in [5, 5.41) is 7.19. The van der Waals surface area contributed by atoms with E-state index in [1.54, 1.807) is 22.8 Å². The molecule has 2 aromatic heterocycles. The molecule has 21 heavy (non-hydrogen) atoms. The minimum atomic E-state index is -0.225. The van der Waals surface area contributed by atoms with E-state index in [1.807, 2.05) is 39.0 Å². The highest BCUT2D eigenvalue weighted by Gasteiger charge is 2.11. The van der Waals surface area contributed by atoms with Crippen LogP contribution in [0.15, 0.2) is 36.5 Å². The number of nitrogens with zero attached hydrogens (tertiary/aromatic N) is 3. The van der Waals surface area contributed by atoms with E-state index in [4.69, 9.17) is 0 Å². The lowest BCUT2D eigenvalue weighted by molar-refractivity contribution is 0.102. The summed E-state index contributed by atoms with van der Waals surface area (Å²) in [6.07, 6.45) is 1.80. The van der Waals surface area contributed by atoms with Crippen LogP contribution in [-0.2, 0) is 0 Å². The lowest BCUT2D eigenvalue weighted by Crippen LogP contribution is -2.15. The van der Waals surface area contributed by atoms with E-state index in [-0.39, 0.29) is 5.91 Å². The van der Waals surface area contributed by atoms with Crippen molar-refractivity contribution in [3.8, 4) is 0 Å². The Morgan fingerprint density at radius 3 is 2.76 bits per heavy atom. The third-order valence-corrected chi connectivity index (χ3v) is 3.31. The average molecular weight is 280 g/mol. The fourth-order valence-electron chi connectivity index (χ4n) is 2.18. The predicted octanol–water partition coefficient (Wildman–Crippen LogP) is 2.91. The first-order chi connectivity index (χ1) is 10.0. The number of rotatable bonds is 2. The lowest BCUT2D eigenvalue weighted by Gasteiger charge is -2.09. The van der Waals surface area contributed by atoms with Gasteiger partial charge in [0.1, 0.15) is 5.69 Å². The maximum Gasteiger partial charge on any atom is 0.276 e. The van der Waals surface area contributed by atoms with Crippen LogP contribution in [0.4, 0.5) is 5.69 Å². The van der Waals surface area contributed by atoms with Gasteiger partial charge in [-0.1, -0.05) is 12.1 Å². The molecule has 5 nitrogen and oxygen atoms in total. The minimum Gasteiger partial charge on any atom is -0.320 e. The third kappa shape index (κ3) is 2.63. The van der Waals surface area contributed by atoms with E-state index in [0.717, 1.165) is 28.2 Å². The summed E-state index contributed by atoms with van der Waals surface area (Å²) < 4.78 is 1.62. The Labute approximate surface area is 122 Å². The molecule has 0 saturated carbocycles. The average Bonchev–Trinajstić information content (AvgIpc) is 2.81. The largest absolute Gasteiger partial charge is 0.320 e. The molecule has 3 aromatic rings. The first-order valence-electron chi connectivity index (χ1n) is 6.74. The van der Waals surface area contributed by atoms with Crippen LogP contribution in [0.25, 0.3) is 5.65 Å². The number of aromatic nitrogens is 3. The van der Waals surface area contributed by atoms with Crippen LogP contribution in [0.5, 0.6) is 0 Å². The van der Waals surface area contributed by atoms with Gasteiger partial charge in [-0.3, -0.25) is 4.79 Å². The lowest BCUT2D eigenvalue weighted by atomic mass is 10.1. The SMILES string of the molecule is Cc1ccc(C)c(NC(=O)c2ccc3nc(C)cn3n2)c1. The molecule has 5 heteroatoms. The van der Waals surface area contributed by atoms with Gasteiger partial charge in [0.25, 0.3) is 5.91 Å². The maximum atomic E-state index is 12.3. The van der Waals surface area contributed by atoms with Crippen molar-refractivity contribution >= 4 is 17.2 Å². The number of anilines is 1. The molecule has 0 saturated heterocycles. The van der Waals surface area contributed by atoms with Crippen LogP contribution in [0.2, 0.25) is 0 Å². The summed E-state index contributed by atoms with van der Waals surface area (Å²) in [5.41, 5.74) is 4.90. The number of nitrogens with one attached hydrogen (secondary N) is 1. The number of hydrogen-bond donors (Lipinski definition) is 1. The standard InChI is InChI=1S/C16H16N4O/c1-10-4-5-11(2)14(8-10)18-16(21)13-6-7-15-17-12(3)9-20(15)19-13/h4-9H,1-3H3,(H,18,21). The van der Waals surface area contributed by atoms with Gasteiger partial charge in [-0.25, -0.2) is 9.50 Å². The second-order valence-electron chi connectivity index (χ2n) is 5.18. The fourth-order valence-corrected chi connectivity index (χ4v) is 2.18. The van der Waals surface area contributed by atoms with Gasteiger partial charge in [-0.15, -0.1) is 0 Å². The van der Waals surface area contributed by atoms with Crippen LogP contribution in [0, 0.1) is 20.8 Å². The second kappa shape index (κ2) is 5.01. The van der Waals surface area contributed by atoms with Crippen LogP contribution in [0.3, 0.4) is 0 Å². The Hall–Kier alpha value is -2.69. The van der Waals surface area contributed by atoms with Gasteiger partial charge in [0.2, 0.25) is 0 Å². The summed E-state index contributed by atoms with van der Waals surface area (Å²) in [5.74, 6) is -0.225. The smallest absolute Gasteiger partial charge is 0.276 e. The van der Waals surface area contributed by atoms with E-state index < -0.39 is 0 Å². The summed E-state index contributed by atoms with van der Waals surface area (Å²) in [6.45, 7) is 5.85. The van der Waals surface area contributed by atoms with E-state index in [0.29, 0.717) is 5.69 Å². The molecule has 106 valence electrons. The monoisotopic (exact) mass is 280 g/mol. The van der Waals surface area contributed by atoms with Gasteiger partial charge >= 0.3 is 0 Å². The molecule has 0 aliphatic carbocycles. The first-order valence-corrected chi connectivity index (χ1v) is 6.74. The van der Waals surface area contributed by atoms with Crippen molar-refractivity contribution in [2.75, 3.05) is 5.32 Å². The highest BCUT2D eigenvalue weighted by molar-refractivity contribution is 6.03. The summed E-state index contributed by atoms with van der Waals surface area (Å²) in [4.78, 5) is 16.6. The Morgan fingerprint density at radius 2 is 1.95 bits per heavy atom. The zero-order valence-corrected chi connectivity index (χ0v) is 12.2. The zero-order valence-electron chi connectivity index (χ0n) is 12.2. The van der Waals surface area contributed by atoms with E-state index in [9.17, 15) is 4.79 Å². The van der Waals surface area contributed by atoms with Gasteiger partial charge in [0.05, 0.1) is 11.9 Å². The Balaban J connectivity index is 1.91. The molecule has 2 heterocycles. The normalized spacial score (nSPS) is 10.8. The quantitative estimate of drug-likeness (QED) is 0.785. The molecule has 0 fully saturated rings. The predicted molar refractivity (Wildman–Crippen MR) is 81.6 cm³/mol. The Bertz CT molecular complexity index is 835. The molecule has 0 bridgehead atoms. The number of carbonyl (C=O) groups is 1. The summed E-state index contributed by atoms with van der Waals surface area (Å²) in [7, 11) is 0. The number of carbonyl (C=O) groups excluding carboxylic acids is 1. The molecule has 0 atom stereocenters. The van der Waals surface area contributed by atoms with Gasteiger partial charge < -0.3 is 5.32 Å². The first kappa shape index (κ1) is 13.3. The van der Waals surface area contributed by atoms with E-state index >= 15 is 0 Å². The van der Waals surface area contributed by atoms with Crippen LogP contribution < -0.4 is 5.32 Å². The van der Waals surface area contributed by atoms with E-state index in [2.05, 4.69) is 15.4 Å².